The molecular formula is C32H36O8. The summed E-state index contributed by atoms with van der Waals surface area (Å²) in [6, 6.07) is 7.48. The highest BCUT2D eigenvalue weighted by Crippen LogP contribution is 2.50. The second kappa shape index (κ2) is 10.6. The van der Waals surface area contributed by atoms with E-state index in [9.17, 15) is 19.2 Å². The van der Waals surface area contributed by atoms with Gasteiger partial charge in [-0.3, -0.25) is 9.59 Å². The molecule has 2 aromatic rings. The Bertz CT molecular complexity index is 1340. The first-order valence-electron chi connectivity index (χ1n) is 13.3. The van der Waals surface area contributed by atoms with Crippen LogP contribution in [0.1, 0.15) is 87.8 Å². The SMILES string of the molecule is COC(=O)CCc1cc2c(c(C(C)(C)C)c1)OC(=O)C2=C1C(=O)Oc2c1cc(CCC(=O)OC)cc2C(C)(C)C. The highest BCUT2D eigenvalue weighted by molar-refractivity contribution is 6.41. The average molecular weight is 549 g/mol. The van der Waals surface area contributed by atoms with Gasteiger partial charge in [0, 0.05) is 35.1 Å². The van der Waals surface area contributed by atoms with Crippen LogP contribution in [0.2, 0.25) is 0 Å². The number of ether oxygens (including phenoxy) is 4. The normalized spacial score (nSPS) is 16.3. The lowest BCUT2D eigenvalue weighted by Gasteiger charge is -2.22. The highest BCUT2D eigenvalue weighted by atomic mass is 16.6. The Kier molecular flexibility index (Phi) is 7.67. The molecule has 0 unspecified atom stereocenters. The summed E-state index contributed by atoms with van der Waals surface area (Å²) in [6.07, 6.45) is 1.13. The Morgan fingerprint density at radius 2 is 1.00 bits per heavy atom. The zero-order valence-corrected chi connectivity index (χ0v) is 24.4. The van der Waals surface area contributed by atoms with Crippen LogP contribution in [-0.2, 0) is 52.3 Å². The van der Waals surface area contributed by atoms with E-state index in [0.29, 0.717) is 35.5 Å². The predicted molar refractivity (Wildman–Crippen MR) is 149 cm³/mol. The first-order chi connectivity index (χ1) is 18.6. The van der Waals surface area contributed by atoms with Crippen molar-refractivity contribution in [3.05, 3.63) is 57.6 Å². The van der Waals surface area contributed by atoms with Gasteiger partial charge in [0.1, 0.15) is 11.5 Å². The fourth-order valence-electron chi connectivity index (χ4n) is 5.05. The van der Waals surface area contributed by atoms with E-state index in [4.69, 9.17) is 18.9 Å². The molecule has 0 aromatic heterocycles. The summed E-state index contributed by atoms with van der Waals surface area (Å²) < 4.78 is 21.3. The first-order valence-corrected chi connectivity index (χ1v) is 13.3. The summed E-state index contributed by atoms with van der Waals surface area (Å²) in [5, 5.41) is 0. The van der Waals surface area contributed by atoms with E-state index in [1.165, 1.54) is 14.2 Å². The molecule has 2 aliphatic rings. The third-order valence-corrected chi connectivity index (χ3v) is 7.19. The summed E-state index contributed by atoms with van der Waals surface area (Å²) in [6.45, 7) is 12.0. The van der Waals surface area contributed by atoms with Gasteiger partial charge in [-0.1, -0.05) is 53.7 Å². The van der Waals surface area contributed by atoms with E-state index < -0.39 is 11.9 Å². The molecule has 40 heavy (non-hydrogen) atoms. The van der Waals surface area contributed by atoms with Gasteiger partial charge in [0.2, 0.25) is 0 Å². The number of esters is 4. The molecule has 0 saturated heterocycles. The van der Waals surface area contributed by atoms with Gasteiger partial charge in [0.15, 0.2) is 0 Å². The summed E-state index contributed by atoms with van der Waals surface area (Å²) in [4.78, 5) is 50.7. The molecule has 8 heteroatoms. The number of benzene rings is 2. The van der Waals surface area contributed by atoms with Crippen molar-refractivity contribution >= 4 is 35.0 Å². The Balaban J connectivity index is 1.96. The second-order valence-electron chi connectivity index (χ2n) is 12.2. The van der Waals surface area contributed by atoms with Gasteiger partial charge < -0.3 is 18.9 Å². The van der Waals surface area contributed by atoms with Crippen LogP contribution in [0.3, 0.4) is 0 Å². The molecule has 2 heterocycles. The molecule has 0 radical (unpaired) electrons. The van der Waals surface area contributed by atoms with Crippen LogP contribution in [0.15, 0.2) is 24.3 Å². The van der Waals surface area contributed by atoms with Crippen LogP contribution in [-0.4, -0.2) is 38.1 Å². The molecule has 2 aromatic carbocycles. The molecule has 0 saturated carbocycles. The Hall–Kier alpha value is -3.94. The molecule has 212 valence electrons. The van der Waals surface area contributed by atoms with Crippen LogP contribution in [0.4, 0.5) is 0 Å². The number of rotatable bonds is 6. The minimum atomic E-state index is -0.636. The van der Waals surface area contributed by atoms with Gasteiger partial charge in [0.25, 0.3) is 0 Å². The molecule has 0 bridgehead atoms. The van der Waals surface area contributed by atoms with Crippen molar-refractivity contribution in [1.82, 2.24) is 0 Å². The fourth-order valence-corrected chi connectivity index (χ4v) is 5.05. The van der Waals surface area contributed by atoms with E-state index in [0.717, 1.165) is 22.3 Å². The quantitative estimate of drug-likeness (QED) is 0.274. The van der Waals surface area contributed by atoms with Gasteiger partial charge >= 0.3 is 23.9 Å². The molecular weight excluding hydrogens is 512 g/mol. The summed E-state index contributed by atoms with van der Waals surface area (Å²) in [5.41, 5.74) is 3.71. The van der Waals surface area contributed by atoms with Gasteiger partial charge in [0.05, 0.1) is 25.4 Å². The van der Waals surface area contributed by atoms with Crippen molar-refractivity contribution in [2.24, 2.45) is 0 Å². The number of hydrogen-bond donors (Lipinski definition) is 0. The minimum Gasteiger partial charge on any atom is -0.469 e. The second-order valence-corrected chi connectivity index (χ2v) is 12.2. The van der Waals surface area contributed by atoms with Gasteiger partial charge in [-0.25, -0.2) is 9.59 Å². The molecule has 0 atom stereocenters. The number of carbonyl (C=O) groups is 4. The maximum atomic E-state index is 13.5. The van der Waals surface area contributed by atoms with Crippen LogP contribution in [0.25, 0.3) is 11.1 Å². The largest absolute Gasteiger partial charge is 0.469 e. The van der Waals surface area contributed by atoms with E-state index in [1.54, 1.807) is 12.1 Å². The molecule has 4 rings (SSSR count). The highest BCUT2D eigenvalue weighted by Gasteiger charge is 2.42. The lowest BCUT2D eigenvalue weighted by molar-refractivity contribution is -0.141. The lowest BCUT2D eigenvalue weighted by atomic mass is 9.81. The number of carbonyl (C=O) groups excluding carboxylic acids is 4. The van der Waals surface area contributed by atoms with Crippen molar-refractivity contribution in [2.45, 2.75) is 78.1 Å². The lowest BCUT2D eigenvalue weighted by Crippen LogP contribution is -2.14. The molecule has 2 aliphatic heterocycles. The Morgan fingerprint density at radius 1 is 0.650 bits per heavy atom. The fraction of sp³-hybridized carbons (Fsp3) is 0.438. The predicted octanol–water partition coefficient (Wildman–Crippen LogP) is 5.24. The van der Waals surface area contributed by atoms with Gasteiger partial charge in [-0.2, -0.15) is 0 Å². The molecule has 0 spiro atoms. The topological polar surface area (TPSA) is 105 Å². The number of fused-ring (bicyclic) bond motifs is 2. The van der Waals surface area contributed by atoms with Crippen LogP contribution < -0.4 is 9.47 Å². The maximum absolute atomic E-state index is 13.5. The number of methoxy groups -OCH3 is 2. The zero-order chi connectivity index (χ0) is 29.6. The maximum Gasteiger partial charge on any atom is 0.345 e. The zero-order valence-electron chi connectivity index (χ0n) is 24.4. The summed E-state index contributed by atoms with van der Waals surface area (Å²) in [5.74, 6) is -1.15. The summed E-state index contributed by atoms with van der Waals surface area (Å²) in [7, 11) is 2.68. The Morgan fingerprint density at radius 3 is 1.30 bits per heavy atom. The average Bonchev–Trinajstić information content (AvgIpc) is 3.37. The van der Waals surface area contributed by atoms with E-state index in [2.05, 4.69) is 0 Å². The monoisotopic (exact) mass is 548 g/mol. The van der Waals surface area contributed by atoms with Gasteiger partial charge in [-0.05, 0) is 46.9 Å². The van der Waals surface area contributed by atoms with E-state index >= 15 is 0 Å². The van der Waals surface area contributed by atoms with Crippen molar-refractivity contribution in [3.63, 3.8) is 0 Å². The summed E-state index contributed by atoms with van der Waals surface area (Å²) >= 11 is 0. The first kappa shape index (κ1) is 29.1. The third-order valence-electron chi connectivity index (χ3n) is 7.19. The molecule has 0 fully saturated rings. The van der Waals surface area contributed by atoms with Crippen molar-refractivity contribution in [2.75, 3.05) is 14.2 Å². The number of hydrogen-bond acceptors (Lipinski definition) is 8. The third kappa shape index (κ3) is 5.53. The Labute approximate surface area is 234 Å². The molecule has 0 aliphatic carbocycles. The number of aryl methyl sites for hydroxylation is 2. The van der Waals surface area contributed by atoms with Crippen LogP contribution in [0, 0.1) is 0 Å². The standard InChI is InChI=1S/C32H36O8/c1-31(2,3)21-15-17(9-11-23(33)37-7)13-19-25(29(35)39-27(19)21)26-20-14-18(10-12-24(34)38-8)16-22(32(4,5)6)28(20)40-30(26)36/h13-16H,9-12H2,1-8H3. The van der Waals surface area contributed by atoms with Gasteiger partial charge in [-0.15, -0.1) is 0 Å². The van der Waals surface area contributed by atoms with Crippen LogP contribution in [0.5, 0.6) is 11.5 Å². The van der Waals surface area contributed by atoms with Crippen molar-refractivity contribution < 1.29 is 38.1 Å². The van der Waals surface area contributed by atoms with E-state index in [1.807, 2.05) is 53.7 Å². The van der Waals surface area contributed by atoms with Crippen molar-refractivity contribution in [3.8, 4) is 11.5 Å². The van der Waals surface area contributed by atoms with Crippen molar-refractivity contribution in [1.29, 1.82) is 0 Å². The smallest absolute Gasteiger partial charge is 0.345 e. The van der Waals surface area contributed by atoms with E-state index in [-0.39, 0.29) is 46.8 Å². The van der Waals surface area contributed by atoms with Crippen LogP contribution >= 0.6 is 0 Å². The molecule has 0 amide bonds. The molecule has 8 nitrogen and oxygen atoms in total. The molecule has 0 N–H and O–H groups in total. The minimum absolute atomic E-state index is 0.133.